The molecule has 0 aromatic heterocycles. The smallest absolute Gasteiger partial charge is 1.00 e. The molecule has 0 spiro atoms. The standard InChI is InChI=1S/C11H19N.C9H16BrN.C6H13N.C3H4Br2.C2H3.BrH.Mg/c1-3-11(2)10-12-8-6-4-5-7-9-12;1-9(10)8-11-6-4-2-3-5-7-11;1-2-4-6-7-5-3-1;1-3(5)2-4;1-2;;/h3H,1-2,4-10H2;1-8H2;7H,1-6H2;1-2H2;1H,2H2;1H;/q;;;;-1;;+2/p-1. The van der Waals surface area contributed by atoms with Gasteiger partial charge < -0.3 is 28.9 Å². The number of nitrogens with one attached hydrogen (secondary N) is 1. The van der Waals surface area contributed by atoms with Gasteiger partial charge in [-0.05, 0) is 87.8 Å². The van der Waals surface area contributed by atoms with Crippen LogP contribution in [0.5, 0.6) is 0 Å². The van der Waals surface area contributed by atoms with Crippen molar-refractivity contribution in [2.24, 2.45) is 0 Å². The second-order valence-electron chi connectivity index (χ2n) is 9.58. The molecule has 0 radical (unpaired) electrons. The van der Waals surface area contributed by atoms with Crippen molar-refractivity contribution in [1.29, 1.82) is 0 Å². The first kappa shape index (κ1) is 47.2. The van der Waals surface area contributed by atoms with Gasteiger partial charge in [0, 0.05) is 22.9 Å². The van der Waals surface area contributed by atoms with Crippen LogP contribution in [0.15, 0.2) is 53.5 Å². The van der Waals surface area contributed by atoms with E-state index in [0.717, 1.165) is 33.0 Å². The van der Waals surface area contributed by atoms with Gasteiger partial charge in [-0.2, -0.15) is 0 Å². The summed E-state index contributed by atoms with van der Waals surface area (Å²) in [5.41, 5.74) is 1.15. The van der Waals surface area contributed by atoms with Gasteiger partial charge in [0.2, 0.25) is 0 Å². The van der Waals surface area contributed by atoms with Gasteiger partial charge in [-0.15, -0.1) is 0 Å². The molecule has 3 saturated heterocycles. The molecule has 8 heteroatoms. The number of nitrogens with zero attached hydrogens (tertiary/aromatic N) is 2. The van der Waals surface area contributed by atoms with Crippen LogP contribution in [0.2, 0.25) is 0 Å². The van der Waals surface area contributed by atoms with E-state index in [1.165, 1.54) is 116 Å². The normalized spacial score (nSPS) is 17.5. The molecule has 39 heavy (non-hydrogen) atoms. The van der Waals surface area contributed by atoms with E-state index in [1.54, 1.807) is 0 Å². The summed E-state index contributed by atoms with van der Waals surface area (Å²) in [6.07, 6.45) is 18.6. The topological polar surface area (TPSA) is 18.5 Å². The Balaban J connectivity index is -0.000000210. The van der Waals surface area contributed by atoms with Crippen molar-refractivity contribution in [1.82, 2.24) is 15.1 Å². The molecule has 1 N–H and O–H groups in total. The van der Waals surface area contributed by atoms with Gasteiger partial charge >= 0.3 is 23.1 Å². The number of allylic oxidation sites excluding steroid dienone is 1. The van der Waals surface area contributed by atoms with Crippen LogP contribution in [0.4, 0.5) is 0 Å². The van der Waals surface area contributed by atoms with Gasteiger partial charge in [-0.3, -0.25) is 16.4 Å². The second-order valence-corrected chi connectivity index (χ2v) is 12.4. The Kier molecular flexibility index (Phi) is 45.1. The first-order valence-corrected chi connectivity index (χ1v) is 16.7. The van der Waals surface area contributed by atoms with Gasteiger partial charge in [0.15, 0.2) is 0 Å². The third kappa shape index (κ3) is 37.2. The van der Waals surface area contributed by atoms with Crippen molar-refractivity contribution in [2.75, 3.05) is 57.7 Å². The maximum atomic E-state index is 4.25. The van der Waals surface area contributed by atoms with Gasteiger partial charge in [-0.1, -0.05) is 119 Å². The van der Waals surface area contributed by atoms with Crippen molar-refractivity contribution in [3.8, 4) is 0 Å². The molecule has 3 rings (SSSR count). The summed E-state index contributed by atoms with van der Waals surface area (Å²) in [6.45, 7) is 31.6. The molecular weight excluding hydrogens is 758 g/mol. The van der Waals surface area contributed by atoms with Gasteiger partial charge in [0.05, 0.1) is 0 Å². The average Bonchev–Trinajstić information content (AvgIpc) is 3.44. The number of hydrogen-bond acceptors (Lipinski definition) is 3. The predicted molar refractivity (Wildman–Crippen MR) is 186 cm³/mol. The number of halogens is 4. The summed E-state index contributed by atoms with van der Waals surface area (Å²) in [4.78, 5) is 4.96. The largest absolute Gasteiger partial charge is 2.00 e. The minimum atomic E-state index is 0. The molecule has 3 aliphatic rings. The van der Waals surface area contributed by atoms with Crippen LogP contribution in [-0.2, 0) is 0 Å². The Morgan fingerprint density at radius 1 is 0.667 bits per heavy atom. The van der Waals surface area contributed by atoms with Gasteiger partial charge in [0.25, 0.3) is 0 Å². The first-order valence-electron chi connectivity index (χ1n) is 14.0. The van der Waals surface area contributed by atoms with Crippen LogP contribution in [0.1, 0.15) is 77.0 Å². The fraction of sp³-hybridized carbons (Fsp3) is 0.677. The van der Waals surface area contributed by atoms with E-state index in [-0.39, 0.29) is 40.0 Å². The molecule has 3 nitrogen and oxygen atoms in total. The molecule has 3 aliphatic heterocycles. The Labute approximate surface area is 295 Å². The fourth-order valence-corrected chi connectivity index (χ4v) is 4.52. The van der Waals surface area contributed by atoms with Crippen molar-refractivity contribution >= 4 is 70.8 Å². The van der Waals surface area contributed by atoms with E-state index in [2.05, 4.69) is 102 Å². The van der Waals surface area contributed by atoms with Crippen molar-refractivity contribution in [3.05, 3.63) is 60.1 Å². The van der Waals surface area contributed by atoms with E-state index < -0.39 is 0 Å². The summed E-state index contributed by atoms with van der Waals surface area (Å²) in [7, 11) is 0. The van der Waals surface area contributed by atoms with Crippen molar-refractivity contribution in [3.63, 3.8) is 0 Å². The second kappa shape index (κ2) is 37.3. The van der Waals surface area contributed by atoms with Crippen LogP contribution in [0, 0.1) is 6.58 Å². The summed E-state index contributed by atoms with van der Waals surface area (Å²) >= 11 is 9.70. The molecule has 224 valence electrons. The molecule has 0 aromatic rings. The molecule has 0 saturated carbocycles. The summed E-state index contributed by atoms with van der Waals surface area (Å²) in [5, 5.41) is 4.19. The van der Waals surface area contributed by atoms with Gasteiger partial charge in [0.1, 0.15) is 0 Å². The zero-order valence-electron chi connectivity index (χ0n) is 24.7. The fourth-order valence-electron chi connectivity index (χ4n) is 4.16. The summed E-state index contributed by atoms with van der Waals surface area (Å²) in [5.74, 6) is 0. The zero-order chi connectivity index (χ0) is 28.2. The van der Waals surface area contributed by atoms with Crippen LogP contribution in [0.25, 0.3) is 0 Å². The van der Waals surface area contributed by atoms with Gasteiger partial charge in [-0.25, -0.2) is 0 Å². The molecule has 0 aromatic carbocycles. The molecule has 0 aliphatic carbocycles. The average molecular weight is 814 g/mol. The zero-order valence-corrected chi connectivity index (χ0v) is 32.4. The van der Waals surface area contributed by atoms with Crippen LogP contribution < -0.4 is 22.3 Å². The Morgan fingerprint density at radius 2 is 1.00 bits per heavy atom. The summed E-state index contributed by atoms with van der Waals surface area (Å²) < 4.78 is 2.09. The maximum absolute atomic E-state index is 4.25. The summed E-state index contributed by atoms with van der Waals surface area (Å²) in [6, 6.07) is 0. The minimum Gasteiger partial charge on any atom is -1.00 e. The minimum absolute atomic E-state index is 0. The monoisotopic (exact) mass is 809 g/mol. The number of hydrogen-bond donors (Lipinski definition) is 1. The third-order valence-electron chi connectivity index (χ3n) is 6.11. The first-order chi connectivity index (χ1) is 17.9. The number of alkyl halides is 1. The SMILES string of the molecule is C1CCCNCC1.C=C(Br)CBr.C=C(Br)CN1CCCCCC1.C=CC(=C)CN1CCCCCC1.[Br-].[CH-]=C.[Mg+2]. The predicted octanol–water partition coefficient (Wildman–Crippen LogP) is 6.04. The Hall–Kier alpha value is 1.27. The van der Waals surface area contributed by atoms with Crippen LogP contribution in [-0.4, -0.2) is 90.5 Å². The van der Waals surface area contributed by atoms with E-state index in [4.69, 9.17) is 0 Å². The molecule has 3 heterocycles. The molecule has 3 fully saturated rings. The molecular formula is C31H55Br4MgN3. The molecule has 0 unspecified atom stereocenters. The molecule has 0 amide bonds. The molecule has 0 bridgehead atoms. The van der Waals surface area contributed by atoms with Crippen molar-refractivity contribution in [2.45, 2.75) is 77.0 Å². The molecule has 0 atom stereocenters. The Bertz CT molecular complexity index is 555. The number of rotatable bonds is 6. The quantitative estimate of drug-likeness (QED) is 0.153. The van der Waals surface area contributed by atoms with E-state index in [1.807, 2.05) is 6.08 Å². The van der Waals surface area contributed by atoms with Crippen LogP contribution in [0.3, 0.4) is 0 Å². The van der Waals surface area contributed by atoms with E-state index >= 15 is 0 Å². The van der Waals surface area contributed by atoms with Crippen LogP contribution >= 0.6 is 47.8 Å². The maximum Gasteiger partial charge on any atom is 2.00 e. The Morgan fingerprint density at radius 3 is 1.31 bits per heavy atom. The van der Waals surface area contributed by atoms with E-state index in [0.29, 0.717) is 0 Å². The third-order valence-corrected chi connectivity index (χ3v) is 8.07. The van der Waals surface area contributed by atoms with Crippen molar-refractivity contribution < 1.29 is 17.0 Å². The number of likely N-dealkylation sites (tertiary alicyclic amines) is 2. The van der Waals surface area contributed by atoms with E-state index in [9.17, 15) is 0 Å².